The summed E-state index contributed by atoms with van der Waals surface area (Å²) in [6, 6.07) is 13.8. The first-order valence-electron chi connectivity index (χ1n) is 7.50. The molecular formula is C17H18N4O3. The lowest BCUT2D eigenvalue weighted by Crippen LogP contribution is -2.25. The van der Waals surface area contributed by atoms with E-state index in [2.05, 4.69) is 15.6 Å². The molecule has 2 aromatic carbocycles. The first kappa shape index (κ1) is 15.9. The van der Waals surface area contributed by atoms with Crippen molar-refractivity contribution in [1.29, 1.82) is 0 Å². The van der Waals surface area contributed by atoms with Gasteiger partial charge in [0, 0.05) is 14.1 Å². The fourth-order valence-corrected chi connectivity index (χ4v) is 2.32. The maximum absolute atomic E-state index is 12.0. The van der Waals surface area contributed by atoms with Crippen LogP contribution in [0.15, 0.2) is 47.0 Å². The van der Waals surface area contributed by atoms with Gasteiger partial charge < -0.3 is 9.42 Å². The van der Waals surface area contributed by atoms with E-state index >= 15 is 0 Å². The molecule has 0 radical (unpaired) electrons. The number of hydrogen-bond acceptors (Lipinski definition) is 6. The molecule has 0 unspecified atom stereocenters. The zero-order valence-corrected chi connectivity index (χ0v) is 13.5. The van der Waals surface area contributed by atoms with Crippen LogP contribution in [0.4, 0.5) is 5.95 Å². The Morgan fingerprint density at radius 1 is 1.21 bits per heavy atom. The Bertz CT molecular complexity index is 839. The molecule has 0 saturated carbocycles. The quantitative estimate of drug-likeness (QED) is 0.699. The molecule has 0 fully saturated rings. The number of aromatic nitrogens is 2. The Labute approximate surface area is 139 Å². The van der Waals surface area contributed by atoms with Crippen molar-refractivity contribution >= 4 is 22.6 Å². The smallest absolute Gasteiger partial charge is 0.265 e. The zero-order valence-electron chi connectivity index (χ0n) is 13.5. The number of anilines is 1. The van der Waals surface area contributed by atoms with Crippen LogP contribution < -0.4 is 10.4 Å². The largest absolute Gasteiger partial charge is 0.344 e. The number of nitrogens with zero attached hydrogens (tertiary/aromatic N) is 3. The number of fused-ring (bicyclic) bond motifs is 1. The Morgan fingerprint density at radius 2 is 2.00 bits per heavy atom. The summed E-state index contributed by atoms with van der Waals surface area (Å²) >= 11 is 0. The van der Waals surface area contributed by atoms with Crippen LogP contribution in [0.2, 0.25) is 0 Å². The molecule has 124 valence electrons. The lowest BCUT2D eigenvalue weighted by Gasteiger charge is -2.07. The monoisotopic (exact) mass is 326 g/mol. The molecule has 1 aromatic heterocycles. The fourth-order valence-electron chi connectivity index (χ4n) is 2.32. The van der Waals surface area contributed by atoms with E-state index in [1.807, 2.05) is 42.5 Å². The summed E-state index contributed by atoms with van der Waals surface area (Å²) in [5.41, 5.74) is 3.35. The molecule has 24 heavy (non-hydrogen) atoms. The minimum Gasteiger partial charge on any atom is -0.344 e. The van der Waals surface area contributed by atoms with Crippen LogP contribution in [-0.2, 0) is 22.7 Å². The SMILES string of the molecule is CN(C)c1noc(CONC(=O)Cc2cccc3ccccc23)n1. The van der Waals surface area contributed by atoms with Gasteiger partial charge in [-0.05, 0) is 21.5 Å². The molecule has 0 atom stereocenters. The van der Waals surface area contributed by atoms with Crippen molar-refractivity contribution in [3.05, 3.63) is 53.9 Å². The van der Waals surface area contributed by atoms with Crippen molar-refractivity contribution in [3.8, 4) is 0 Å². The Kier molecular flexibility index (Phi) is 4.72. The number of carbonyl (C=O) groups is 1. The number of hydroxylamine groups is 1. The van der Waals surface area contributed by atoms with E-state index < -0.39 is 0 Å². The van der Waals surface area contributed by atoms with Gasteiger partial charge in [0.2, 0.25) is 5.91 Å². The highest BCUT2D eigenvalue weighted by Crippen LogP contribution is 2.18. The van der Waals surface area contributed by atoms with Gasteiger partial charge in [-0.3, -0.25) is 9.63 Å². The number of rotatable bonds is 6. The van der Waals surface area contributed by atoms with Crippen molar-refractivity contribution in [1.82, 2.24) is 15.6 Å². The lowest BCUT2D eigenvalue weighted by atomic mass is 10.0. The molecule has 0 aliphatic carbocycles. The molecule has 1 amide bonds. The summed E-state index contributed by atoms with van der Waals surface area (Å²) in [6.45, 7) is 0.0160. The average molecular weight is 326 g/mol. The van der Waals surface area contributed by atoms with E-state index in [0.29, 0.717) is 11.8 Å². The van der Waals surface area contributed by atoms with Crippen LogP contribution in [-0.4, -0.2) is 30.1 Å². The highest BCUT2D eigenvalue weighted by Gasteiger charge is 2.10. The average Bonchev–Trinajstić information content (AvgIpc) is 3.04. The van der Waals surface area contributed by atoms with Gasteiger partial charge in [0.15, 0.2) is 6.61 Å². The number of carbonyl (C=O) groups excluding carboxylic acids is 1. The summed E-state index contributed by atoms with van der Waals surface area (Å²) in [7, 11) is 3.61. The molecule has 0 spiro atoms. The maximum Gasteiger partial charge on any atom is 0.265 e. The Balaban J connectivity index is 1.55. The fraction of sp³-hybridized carbons (Fsp3) is 0.235. The van der Waals surface area contributed by atoms with E-state index in [0.717, 1.165) is 16.3 Å². The van der Waals surface area contributed by atoms with Crippen LogP contribution in [0.1, 0.15) is 11.5 Å². The number of amides is 1. The van der Waals surface area contributed by atoms with Crippen LogP contribution >= 0.6 is 0 Å². The summed E-state index contributed by atoms with van der Waals surface area (Å²) < 4.78 is 5.00. The molecule has 7 nitrogen and oxygen atoms in total. The van der Waals surface area contributed by atoms with Crippen molar-refractivity contribution in [2.24, 2.45) is 0 Å². The summed E-state index contributed by atoms with van der Waals surface area (Å²) in [5, 5.41) is 5.92. The van der Waals surface area contributed by atoms with Gasteiger partial charge in [-0.15, -0.1) is 0 Å². The molecule has 0 aliphatic rings. The highest BCUT2D eigenvalue weighted by atomic mass is 16.7. The van der Waals surface area contributed by atoms with Crippen LogP contribution in [0.25, 0.3) is 10.8 Å². The zero-order chi connectivity index (χ0) is 16.9. The minimum absolute atomic E-state index is 0.0160. The molecule has 0 saturated heterocycles. The molecular weight excluding hydrogens is 308 g/mol. The predicted octanol–water partition coefficient (Wildman–Crippen LogP) is 2.08. The topological polar surface area (TPSA) is 80.5 Å². The number of benzene rings is 2. The second kappa shape index (κ2) is 7.10. The van der Waals surface area contributed by atoms with E-state index in [9.17, 15) is 4.79 Å². The third-order valence-corrected chi connectivity index (χ3v) is 3.47. The third-order valence-electron chi connectivity index (χ3n) is 3.47. The molecule has 0 aliphatic heterocycles. The second-order valence-corrected chi connectivity index (χ2v) is 5.51. The standard InChI is InChI=1S/C17H18N4O3/c1-21(2)17-18-16(24-20-17)11-23-19-15(22)10-13-8-5-7-12-6-3-4-9-14(12)13/h3-9H,10-11H2,1-2H3,(H,19,22). The van der Waals surface area contributed by atoms with Gasteiger partial charge in [-0.2, -0.15) is 4.98 Å². The predicted molar refractivity (Wildman–Crippen MR) is 89.2 cm³/mol. The molecule has 3 rings (SSSR count). The normalized spacial score (nSPS) is 10.8. The molecule has 7 heteroatoms. The number of nitrogens with one attached hydrogen (secondary N) is 1. The van der Waals surface area contributed by atoms with Gasteiger partial charge >= 0.3 is 0 Å². The van der Waals surface area contributed by atoms with Gasteiger partial charge in [-0.1, -0.05) is 42.5 Å². The highest BCUT2D eigenvalue weighted by molar-refractivity contribution is 5.89. The molecule has 1 N–H and O–H groups in total. The molecule has 0 bridgehead atoms. The Morgan fingerprint density at radius 3 is 2.79 bits per heavy atom. The summed E-state index contributed by atoms with van der Waals surface area (Å²) in [6.07, 6.45) is 0.230. The first-order chi connectivity index (χ1) is 11.6. The first-order valence-corrected chi connectivity index (χ1v) is 7.50. The van der Waals surface area contributed by atoms with Gasteiger partial charge in [0.1, 0.15) is 0 Å². The maximum atomic E-state index is 12.0. The van der Waals surface area contributed by atoms with Crippen LogP contribution in [0.3, 0.4) is 0 Å². The third kappa shape index (κ3) is 3.69. The van der Waals surface area contributed by atoms with Gasteiger partial charge in [0.05, 0.1) is 6.42 Å². The number of hydrogen-bond donors (Lipinski definition) is 1. The summed E-state index contributed by atoms with van der Waals surface area (Å²) in [4.78, 5) is 23.0. The molecule has 1 heterocycles. The molecule has 3 aromatic rings. The van der Waals surface area contributed by atoms with Crippen molar-refractivity contribution in [2.75, 3.05) is 19.0 Å². The minimum atomic E-state index is -0.237. The van der Waals surface area contributed by atoms with Crippen molar-refractivity contribution in [2.45, 2.75) is 13.0 Å². The van der Waals surface area contributed by atoms with Crippen LogP contribution in [0, 0.1) is 0 Å². The lowest BCUT2D eigenvalue weighted by molar-refractivity contribution is -0.134. The van der Waals surface area contributed by atoms with Crippen molar-refractivity contribution in [3.63, 3.8) is 0 Å². The van der Waals surface area contributed by atoms with Gasteiger partial charge in [0.25, 0.3) is 11.8 Å². The summed E-state index contributed by atoms with van der Waals surface area (Å²) in [5.74, 6) is 0.513. The second-order valence-electron chi connectivity index (χ2n) is 5.51. The van der Waals surface area contributed by atoms with E-state index in [-0.39, 0.29) is 18.9 Å². The van der Waals surface area contributed by atoms with Gasteiger partial charge in [-0.25, -0.2) is 5.48 Å². The Hall–Kier alpha value is -2.93. The van der Waals surface area contributed by atoms with Crippen molar-refractivity contribution < 1.29 is 14.2 Å². The van der Waals surface area contributed by atoms with E-state index in [4.69, 9.17) is 9.36 Å². The van der Waals surface area contributed by atoms with E-state index in [1.54, 1.807) is 19.0 Å². The van der Waals surface area contributed by atoms with E-state index in [1.165, 1.54) is 0 Å². The van der Waals surface area contributed by atoms with Crippen LogP contribution in [0.5, 0.6) is 0 Å².